The van der Waals surface area contributed by atoms with Gasteiger partial charge in [0.1, 0.15) is 5.60 Å². The molecule has 0 radical (unpaired) electrons. The molecule has 0 bridgehead atoms. The first-order valence-corrected chi connectivity index (χ1v) is 11.1. The van der Waals surface area contributed by atoms with Crippen LogP contribution in [-0.4, -0.2) is 42.7 Å². The molecule has 0 fully saturated rings. The summed E-state index contributed by atoms with van der Waals surface area (Å²) >= 11 is 3.25. The number of carbonyl (C=O) groups excluding carboxylic acids is 1. The number of anilines is 1. The molecule has 30 heavy (non-hydrogen) atoms. The number of nitrogens with zero attached hydrogens (tertiary/aromatic N) is 2. The number of rotatable bonds is 5. The molecule has 0 aliphatic rings. The highest BCUT2D eigenvalue weighted by Gasteiger charge is 2.30. The largest absolute Gasteiger partial charge is 0.465 e. The first kappa shape index (κ1) is 23.7. The van der Waals surface area contributed by atoms with E-state index in [-0.39, 0.29) is 21.6 Å². The summed E-state index contributed by atoms with van der Waals surface area (Å²) in [7, 11) is -3.09. The zero-order valence-corrected chi connectivity index (χ0v) is 19.4. The summed E-state index contributed by atoms with van der Waals surface area (Å²) in [6.45, 7) is 4.97. The Hall–Kier alpha value is -2.59. The molecule has 0 heterocycles. The van der Waals surface area contributed by atoms with Crippen molar-refractivity contribution >= 4 is 43.8 Å². The van der Waals surface area contributed by atoms with E-state index in [0.717, 1.165) is 17.5 Å². The first-order valence-electron chi connectivity index (χ1n) is 8.89. The van der Waals surface area contributed by atoms with Crippen LogP contribution in [-0.2, 0) is 21.3 Å². The molecule has 0 aliphatic heterocycles. The maximum absolute atomic E-state index is 12.8. The molecule has 0 spiro atoms. The van der Waals surface area contributed by atoms with Crippen LogP contribution in [0.3, 0.4) is 0 Å². The lowest BCUT2D eigenvalue weighted by molar-refractivity contribution is 0.0420. The molecule has 10 heteroatoms. The molecule has 2 rings (SSSR count). The third kappa shape index (κ3) is 5.73. The van der Waals surface area contributed by atoms with E-state index in [2.05, 4.69) is 15.9 Å². The summed E-state index contributed by atoms with van der Waals surface area (Å²) in [4.78, 5) is 24.9. The number of halogens is 1. The third-order valence-corrected chi connectivity index (χ3v) is 6.29. The van der Waals surface area contributed by atoms with Gasteiger partial charge < -0.3 is 9.84 Å². The maximum atomic E-state index is 12.8. The average molecular weight is 499 g/mol. The molecule has 8 nitrogen and oxygen atoms in total. The van der Waals surface area contributed by atoms with Gasteiger partial charge in [-0.2, -0.15) is 0 Å². The first-order chi connectivity index (χ1) is 13.8. The highest BCUT2D eigenvalue weighted by atomic mass is 79.9. The monoisotopic (exact) mass is 498 g/mol. The normalized spacial score (nSPS) is 11.6. The smallest absolute Gasteiger partial charge is 0.424 e. The average Bonchev–Trinajstić information content (AvgIpc) is 2.65. The van der Waals surface area contributed by atoms with Gasteiger partial charge in [-0.05, 0) is 60.5 Å². The van der Waals surface area contributed by atoms with Crippen LogP contribution in [0, 0.1) is 0 Å². The van der Waals surface area contributed by atoms with Crippen molar-refractivity contribution in [2.24, 2.45) is 0 Å². The topological polar surface area (TPSA) is 104 Å². The Kier molecular flexibility index (Phi) is 7.14. The van der Waals surface area contributed by atoms with Crippen molar-refractivity contribution in [3.8, 4) is 0 Å². The molecule has 0 saturated carbocycles. The van der Waals surface area contributed by atoms with Crippen LogP contribution >= 0.6 is 15.9 Å². The van der Waals surface area contributed by atoms with Gasteiger partial charge in [-0.3, -0.25) is 4.90 Å². The molecular weight excluding hydrogens is 476 g/mol. The number of carboxylic acid groups (broad SMARTS) is 1. The number of hydrogen-bond acceptors (Lipinski definition) is 5. The van der Waals surface area contributed by atoms with Crippen molar-refractivity contribution in [2.45, 2.75) is 37.8 Å². The number of hydrogen-bond donors (Lipinski definition) is 1. The SMILES string of the molecule is CN(C(=O)OC(C)(C)C)S(=O)(=O)c1ccc(N(Cc2ccccc2)C(=O)O)c(Br)c1. The van der Waals surface area contributed by atoms with Crippen LogP contribution in [0.25, 0.3) is 0 Å². The van der Waals surface area contributed by atoms with E-state index in [4.69, 9.17) is 4.74 Å². The zero-order chi connectivity index (χ0) is 22.7. The van der Waals surface area contributed by atoms with Crippen molar-refractivity contribution in [3.05, 3.63) is 58.6 Å². The molecule has 2 amide bonds. The van der Waals surface area contributed by atoms with Gasteiger partial charge in [-0.1, -0.05) is 30.3 Å². The quantitative estimate of drug-likeness (QED) is 0.640. The van der Waals surface area contributed by atoms with Gasteiger partial charge in [0.25, 0.3) is 10.0 Å². The van der Waals surface area contributed by atoms with Crippen LogP contribution in [0.1, 0.15) is 26.3 Å². The number of ether oxygens (including phenoxy) is 1. The molecule has 0 unspecified atom stereocenters. The van der Waals surface area contributed by atoms with E-state index >= 15 is 0 Å². The Balaban J connectivity index is 2.34. The lowest BCUT2D eigenvalue weighted by Gasteiger charge is -2.25. The van der Waals surface area contributed by atoms with Gasteiger partial charge in [-0.15, -0.1) is 0 Å². The Bertz CT molecular complexity index is 1040. The zero-order valence-electron chi connectivity index (χ0n) is 17.0. The van der Waals surface area contributed by atoms with E-state index in [1.54, 1.807) is 45.0 Å². The Morgan fingerprint density at radius 1 is 1.10 bits per heavy atom. The Morgan fingerprint density at radius 3 is 2.20 bits per heavy atom. The van der Waals surface area contributed by atoms with Crippen LogP contribution in [0.2, 0.25) is 0 Å². The van der Waals surface area contributed by atoms with E-state index in [1.165, 1.54) is 18.2 Å². The molecule has 0 aromatic heterocycles. The Labute approximate surface area is 184 Å². The standard InChI is InChI=1S/C20H23BrN2O6S/c1-20(2,3)29-19(26)22(4)30(27,28)15-10-11-17(16(21)12-15)23(18(24)25)13-14-8-6-5-7-9-14/h5-12H,13H2,1-4H3,(H,24,25). The fraction of sp³-hybridized carbons (Fsp3) is 0.300. The van der Waals surface area contributed by atoms with Crippen molar-refractivity contribution in [3.63, 3.8) is 0 Å². The minimum atomic E-state index is -4.19. The minimum Gasteiger partial charge on any atom is -0.465 e. The second-order valence-electron chi connectivity index (χ2n) is 7.42. The summed E-state index contributed by atoms with van der Waals surface area (Å²) in [6, 6.07) is 12.9. The molecular formula is C20H23BrN2O6S. The predicted molar refractivity (Wildman–Crippen MR) is 116 cm³/mol. The number of amides is 2. The second-order valence-corrected chi connectivity index (χ2v) is 10.2. The summed E-state index contributed by atoms with van der Waals surface area (Å²) in [5, 5.41) is 9.63. The minimum absolute atomic E-state index is 0.0820. The number of benzene rings is 2. The van der Waals surface area contributed by atoms with Gasteiger partial charge in [0.2, 0.25) is 0 Å². The molecule has 0 aliphatic carbocycles. The number of carbonyl (C=O) groups is 2. The van der Waals surface area contributed by atoms with Crippen molar-refractivity contribution < 1.29 is 27.9 Å². The summed E-state index contributed by atoms with van der Waals surface area (Å²) in [6.07, 6.45) is -2.21. The fourth-order valence-electron chi connectivity index (χ4n) is 2.47. The van der Waals surface area contributed by atoms with Crippen molar-refractivity contribution in [1.82, 2.24) is 4.31 Å². The molecule has 0 saturated heterocycles. The van der Waals surface area contributed by atoms with Crippen LogP contribution in [0.4, 0.5) is 15.3 Å². The summed E-state index contributed by atoms with van der Waals surface area (Å²) in [5.74, 6) is 0. The Morgan fingerprint density at radius 2 is 1.70 bits per heavy atom. The lowest BCUT2D eigenvalue weighted by Crippen LogP contribution is -2.38. The maximum Gasteiger partial charge on any atom is 0.424 e. The van der Waals surface area contributed by atoms with Gasteiger partial charge >= 0.3 is 12.2 Å². The van der Waals surface area contributed by atoms with Gasteiger partial charge in [0.05, 0.1) is 17.1 Å². The van der Waals surface area contributed by atoms with E-state index < -0.39 is 27.8 Å². The van der Waals surface area contributed by atoms with E-state index in [0.29, 0.717) is 4.31 Å². The van der Waals surface area contributed by atoms with E-state index in [9.17, 15) is 23.1 Å². The van der Waals surface area contributed by atoms with Gasteiger partial charge in [0.15, 0.2) is 0 Å². The molecule has 162 valence electrons. The molecule has 0 atom stereocenters. The van der Waals surface area contributed by atoms with Gasteiger partial charge in [0, 0.05) is 11.5 Å². The molecule has 2 aromatic carbocycles. The van der Waals surface area contributed by atoms with Crippen LogP contribution in [0.5, 0.6) is 0 Å². The highest BCUT2D eigenvalue weighted by Crippen LogP contribution is 2.31. The summed E-state index contributed by atoms with van der Waals surface area (Å²) < 4.78 is 31.5. The highest BCUT2D eigenvalue weighted by molar-refractivity contribution is 9.10. The van der Waals surface area contributed by atoms with Crippen molar-refractivity contribution in [1.29, 1.82) is 0 Å². The third-order valence-electron chi connectivity index (χ3n) is 3.93. The fourth-order valence-corrected chi connectivity index (χ4v) is 4.27. The van der Waals surface area contributed by atoms with Crippen molar-refractivity contribution in [2.75, 3.05) is 11.9 Å². The summed E-state index contributed by atoms with van der Waals surface area (Å²) in [5.41, 5.74) is 0.184. The molecule has 1 N–H and O–H groups in total. The predicted octanol–water partition coefficient (Wildman–Crippen LogP) is 4.69. The number of sulfonamides is 1. The van der Waals surface area contributed by atoms with E-state index in [1.807, 2.05) is 6.07 Å². The lowest BCUT2D eigenvalue weighted by atomic mass is 10.2. The molecule has 2 aromatic rings. The van der Waals surface area contributed by atoms with Crippen LogP contribution < -0.4 is 4.90 Å². The van der Waals surface area contributed by atoms with Crippen LogP contribution in [0.15, 0.2) is 57.9 Å². The second kappa shape index (κ2) is 9.05. The van der Waals surface area contributed by atoms with Gasteiger partial charge in [-0.25, -0.2) is 22.3 Å².